The van der Waals surface area contributed by atoms with Crippen LogP contribution in [0.2, 0.25) is 0 Å². The summed E-state index contributed by atoms with van der Waals surface area (Å²) in [6, 6.07) is 9.72. The van der Waals surface area contributed by atoms with E-state index in [0.29, 0.717) is 32.8 Å². The van der Waals surface area contributed by atoms with Crippen molar-refractivity contribution in [2.45, 2.75) is 32.5 Å². The lowest BCUT2D eigenvalue weighted by molar-refractivity contribution is 0.0518. The second kappa shape index (κ2) is 9.84. The molecular formula is C19H25N5O4. The standard InChI is InChI=1S/C19H25N5O4/c1-2-27-18(25)17-12-21-24(22-17)10-8-16-13-23(11-9-20-16)19(26)28-14-15-6-4-3-5-7-15/h3-7,12,16,20H,2,8-11,13-14H2,1H3/t16-/m1/s1. The molecule has 0 saturated carbocycles. The number of aromatic nitrogens is 3. The highest BCUT2D eigenvalue weighted by Crippen LogP contribution is 2.08. The predicted molar refractivity (Wildman–Crippen MR) is 101 cm³/mol. The van der Waals surface area contributed by atoms with Crippen molar-refractivity contribution in [3.8, 4) is 0 Å². The van der Waals surface area contributed by atoms with Gasteiger partial charge < -0.3 is 19.7 Å². The van der Waals surface area contributed by atoms with Gasteiger partial charge in [-0.1, -0.05) is 30.3 Å². The van der Waals surface area contributed by atoms with Crippen LogP contribution in [0.1, 0.15) is 29.4 Å². The Morgan fingerprint density at radius 3 is 2.86 bits per heavy atom. The molecule has 1 aliphatic rings. The Balaban J connectivity index is 1.44. The smallest absolute Gasteiger partial charge is 0.410 e. The Hall–Kier alpha value is -2.94. The summed E-state index contributed by atoms with van der Waals surface area (Å²) in [5.41, 5.74) is 1.16. The summed E-state index contributed by atoms with van der Waals surface area (Å²) in [4.78, 5) is 27.1. The van der Waals surface area contributed by atoms with Crippen LogP contribution in [-0.4, -0.2) is 64.2 Å². The first-order chi connectivity index (χ1) is 13.7. The molecule has 0 radical (unpaired) electrons. The SMILES string of the molecule is CCOC(=O)c1cnn(CC[C@@H]2CN(C(=O)OCc3ccccc3)CCN2)n1. The number of hydrogen-bond acceptors (Lipinski definition) is 7. The summed E-state index contributed by atoms with van der Waals surface area (Å²) in [7, 11) is 0. The largest absolute Gasteiger partial charge is 0.461 e. The summed E-state index contributed by atoms with van der Waals surface area (Å²) in [5.74, 6) is -0.475. The van der Waals surface area contributed by atoms with Crippen molar-refractivity contribution in [3.05, 3.63) is 47.8 Å². The molecule has 0 spiro atoms. The molecule has 1 amide bonds. The molecule has 1 saturated heterocycles. The maximum Gasteiger partial charge on any atom is 0.410 e. The van der Waals surface area contributed by atoms with Crippen LogP contribution in [0.4, 0.5) is 4.79 Å². The van der Waals surface area contributed by atoms with Crippen LogP contribution in [0.25, 0.3) is 0 Å². The van der Waals surface area contributed by atoms with Gasteiger partial charge in [-0.05, 0) is 18.9 Å². The lowest BCUT2D eigenvalue weighted by atomic mass is 10.1. The third-order valence-electron chi connectivity index (χ3n) is 4.42. The first kappa shape index (κ1) is 19.8. The highest BCUT2D eigenvalue weighted by molar-refractivity contribution is 5.86. The molecule has 1 atom stereocenters. The van der Waals surface area contributed by atoms with Gasteiger partial charge in [0.05, 0.1) is 19.3 Å². The molecular weight excluding hydrogens is 362 g/mol. The predicted octanol–water partition coefficient (Wildman–Crippen LogP) is 1.46. The molecule has 1 aliphatic heterocycles. The highest BCUT2D eigenvalue weighted by Gasteiger charge is 2.24. The number of nitrogens with zero attached hydrogens (tertiary/aromatic N) is 4. The van der Waals surface area contributed by atoms with Crippen LogP contribution >= 0.6 is 0 Å². The summed E-state index contributed by atoms with van der Waals surface area (Å²) in [6.45, 7) is 4.70. The molecule has 1 N–H and O–H groups in total. The molecule has 9 nitrogen and oxygen atoms in total. The van der Waals surface area contributed by atoms with Gasteiger partial charge in [0.2, 0.25) is 0 Å². The summed E-state index contributed by atoms with van der Waals surface area (Å²) in [6.07, 6.45) is 1.82. The van der Waals surface area contributed by atoms with E-state index < -0.39 is 5.97 Å². The normalized spacial score (nSPS) is 16.6. The minimum atomic E-state index is -0.475. The van der Waals surface area contributed by atoms with Crippen molar-refractivity contribution in [2.24, 2.45) is 0 Å². The van der Waals surface area contributed by atoms with Gasteiger partial charge in [0.25, 0.3) is 0 Å². The topological polar surface area (TPSA) is 98.6 Å². The Kier molecular flexibility index (Phi) is 6.96. The van der Waals surface area contributed by atoms with Crippen LogP contribution in [0, 0.1) is 0 Å². The summed E-state index contributed by atoms with van der Waals surface area (Å²) >= 11 is 0. The number of hydrogen-bond donors (Lipinski definition) is 1. The third kappa shape index (κ3) is 5.53. The van der Waals surface area contributed by atoms with Crippen LogP contribution in [0.15, 0.2) is 36.5 Å². The summed E-state index contributed by atoms with van der Waals surface area (Å²) < 4.78 is 10.3. The average Bonchev–Trinajstić information content (AvgIpc) is 3.21. The minimum Gasteiger partial charge on any atom is -0.461 e. The van der Waals surface area contributed by atoms with Crippen LogP contribution in [0.3, 0.4) is 0 Å². The van der Waals surface area contributed by atoms with E-state index in [4.69, 9.17) is 9.47 Å². The van der Waals surface area contributed by atoms with Gasteiger partial charge in [0.15, 0.2) is 5.69 Å². The molecule has 2 heterocycles. The molecule has 1 aromatic heterocycles. The zero-order valence-corrected chi connectivity index (χ0v) is 15.9. The number of nitrogens with one attached hydrogen (secondary N) is 1. The van der Waals surface area contributed by atoms with E-state index in [1.807, 2.05) is 30.3 Å². The van der Waals surface area contributed by atoms with Gasteiger partial charge in [0, 0.05) is 25.7 Å². The maximum atomic E-state index is 12.3. The van der Waals surface area contributed by atoms with Gasteiger partial charge in [-0.3, -0.25) is 0 Å². The molecule has 0 bridgehead atoms. The number of esters is 1. The number of carbonyl (C=O) groups excluding carboxylic acids is 2. The van der Waals surface area contributed by atoms with E-state index in [0.717, 1.165) is 12.0 Å². The molecule has 0 unspecified atom stereocenters. The first-order valence-corrected chi connectivity index (χ1v) is 9.42. The first-order valence-electron chi connectivity index (χ1n) is 9.42. The van der Waals surface area contributed by atoms with E-state index >= 15 is 0 Å². The van der Waals surface area contributed by atoms with Gasteiger partial charge in [-0.15, -0.1) is 5.10 Å². The quantitative estimate of drug-likeness (QED) is 0.718. The lowest BCUT2D eigenvalue weighted by Gasteiger charge is -2.33. The van der Waals surface area contributed by atoms with Gasteiger partial charge in [0.1, 0.15) is 6.61 Å². The second-order valence-corrected chi connectivity index (χ2v) is 6.47. The van der Waals surface area contributed by atoms with Crippen molar-refractivity contribution in [1.82, 2.24) is 25.2 Å². The van der Waals surface area contributed by atoms with Crippen molar-refractivity contribution < 1.29 is 19.1 Å². The van der Waals surface area contributed by atoms with E-state index in [9.17, 15) is 9.59 Å². The monoisotopic (exact) mass is 387 g/mol. The van der Waals surface area contributed by atoms with Crippen LogP contribution in [0.5, 0.6) is 0 Å². The van der Waals surface area contributed by atoms with Gasteiger partial charge >= 0.3 is 12.1 Å². The number of amides is 1. The minimum absolute atomic E-state index is 0.107. The maximum absolute atomic E-state index is 12.3. The second-order valence-electron chi connectivity index (χ2n) is 6.47. The Morgan fingerprint density at radius 2 is 2.07 bits per heavy atom. The lowest BCUT2D eigenvalue weighted by Crippen LogP contribution is -2.53. The fourth-order valence-electron chi connectivity index (χ4n) is 2.97. The van der Waals surface area contributed by atoms with Crippen molar-refractivity contribution in [3.63, 3.8) is 0 Å². The van der Waals surface area contributed by atoms with Gasteiger partial charge in [-0.25, -0.2) is 9.59 Å². The number of piperazine rings is 1. The van der Waals surface area contributed by atoms with E-state index in [1.54, 1.807) is 11.8 Å². The molecule has 150 valence electrons. The van der Waals surface area contributed by atoms with Crippen LogP contribution < -0.4 is 5.32 Å². The zero-order valence-electron chi connectivity index (χ0n) is 15.9. The fourth-order valence-corrected chi connectivity index (χ4v) is 2.97. The van der Waals surface area contributed by atoms with E-state index in [2.05, 4.69) is 15.5 Å². The van der Waals surface area contributed by atoms with Crippen molar-refractivity contribution >= 4 is 12.1 Å². The number of aryl methyl sites for hydroxylation is 1. The molecule has 9 heteroatoms. The summed E-state index contributed by atoms with van der Waals surface area (Å²) in [5, 5.41) is 11.6. The van der Waals surface area contributed by atoms with Gasteiger partial charge in [-0.2, -0.15) is 9.90 Å². The number of benzene rings is 1. The van der Waals surface area contributed by atoms with Crippen molar-refractivity contribution in [2.75, 3.05) is 26.2 Å². The molecule has 1 aromatic carbocycles. The number of ether oxygens (including phenoxy) is 2. The number of rotatable bonds is 7. The number of carbonyl (C=O) groups is 2. The molecule has 3 rings (SSSR count). The molecule has 2 aromatic rings. The fraction of sp³-hybridized carbons (Fsp3) is 0.474. The average molecular weight is 387 g/mol. The van der Waals surface area contributed by atoms with E-state index in [-0.39, 0.29) is 24.4 Å². The Morgan fingerprint density at radius 1 is 1.25 bits per heavy atom. The zero-order chi connectivity index (χ0) is 19.8. The Bertz CT molecular complexity index is 780. The van der Waals surface area contributed by atoms with Crippen LogP contribution in [-0.2, 0) is 22.6 Å². The van der Waals surface area contributed by atoms with Crippen molar-refractivity contribution in [1.29, 1.82) is 0 Å². The molecule has 1 fully saturated rings. The molecule has 28 heavy (non-hydrogen) atoms. The van der Waals surface area contributed by atoms with E-state index in [1.165, 1.54) is 11.0 Å². The Labute approximate surface area is 163 Å². The molecule has 0 aliphatic carbocycles. The highest BCUT2D eigenvalue weighted by atomic mass is 16.6. The third-order valence-corrected chi connectivity index (χ3v) is 4.42.